The smallest absolute Gasteiger partial charge is 0.236 e. The number of aliphatic hydroxyl groups excluding tert-OH is 1. The molecule has 2 amide bonds. The van der Waals surface area contributed by atoms with Gasteiger partial charge in [0.1, 0.15) is 0 Å². The molecule has 0 aromatic heterocycles. The zero-order valence-corrected chi connectivity index (χ0v) is 21.7. The number of carbonyl (C=O) groups excluding carboxylic acids is 2. The number of allylic oxidation sites excluding steroid dienone is 1. The predicted molar refractivity (Wildman–Crippen MR) is 138 cm³/mol. The van der Waals surface area contributed by atoms with Crippen molar-refractivity contribution in [2.45, 2.75) is 64.3 Å². The molecule has 1 aromatic rings. The number of fused-ring (bicyclic) bond motifs is 1. The van der Waals surface area contributed by atoms with Crippen molar-refractivity contribution in [2.75, 3.05) is 46.1 Å². The number of benzene rings is 1. The van der Waals surface area contributed by atoms with Crippen LogP contribution in [-0.2, 0) is 9.59 Å². The second kappa shape index (κ2) is 12.6. The van der Waals surface area contributed by atoms with Crippen molar-refractivity contribution in [2.24, 2.45) is 5.92 Å². The molecule has 3 atom stereocenters. The highest BCUT2D eigenvalue weighted by atomic mass is 16.7. The van der Waals surface area contributed by atoms with Gasteiger partial charge in [0, 0.05) is 50.9 Å². The topological polar surface area (TPSA) is 82.6 Å². The Hall–Kier alpha value is -2.58. The first kappa shape index (κ1) is 26.5. The van der Waals surface area contributed by atoms with Crippen LogP contribution in [0.2, 0.25) is 0 Å². The summed E-state index contributed by atoms with van der Waals surface area (Å²) in [5.41, 5.74) is 1.20. The zero-order valence-electron chi connectivity index (χ0n) is 21.7. The van der Waals surface area contributed by atoms with E-state index in [1.54, 1.807) is 0 Å². The van der Waals surface area contributed by atoms with Crippen LogP contribution in [0, 0.1) is 5.92 Å². The van der Waals surface area contributed by atoms with Gasteiger partial charge in [-0.15, -0.1) is 0 Å². The molecule has 8 nitrogen and oxygen atoms in total. The summed E-state index contributed by atoms with van der Waals surface area (Å²) in [6.45, 7) is 7.57. The number of nitrogens with zero attached hydrogens (tertiary/aromatic N) is 3. The minimum Gasteiger partial charge on any atom is -0.454 e. The number of carbonyl (C=O) groups is 2. The third kappa shape index (κ3) is 6.40. The van der Waals surface area contributed by atoms with Gasteiger partial charge >= 0.3 is 0 Å². The van der Waals surface area contributed by atoms with Gasteiger partial charge in [-0.2, -0.15) is 0 Å². The van der Waals surface area contributed by atoms with E-state index >= 15 is 0 Å². The van der Waals surface area contributed by atoms with Crippen LogP contribution in [-0.4, -0.2) is 83.8 Å². The highest BCUT2D eigenvalue weighted by Crippen LogP contribution is 2.39. The Morgan fingerprint density at radius 3 is 2.81 bits per heavy atom. The van der Waals surface area contributed by atoms with E-state index in [0.717, 1.165) is 56.7 Å². The highest BCUT2D eigenvalue weighted by Gasteiger charge is 2.36. The normalized spacial score (nSPS) is 23.5. The van der Waals surface area contributed by atoms with Crippen molar-refractivity contribution >= 4 is 11.8 Å². The molecule has 1 unspecified atom stereocenters. The Balaban J connectivity index is 1.46. The molecule has 3 heterocycles. The lowest BCUT2D eigenvalue weighted by Gasteiger charge is -2.31. The van der Waals surface area contributed by atoms with Gasteiger partial charge in [0.2, 0.25) is 18.6 Å². The third-order valence-electron chi connectivity index (χ3n) is 7.64. The SMILES string of the molecule is CCCCN(CCCO)C(=O)CN1C[C@H](c2ccc3c(c2)OCO3)C[C@@H]1CCN1C=CCC(C)C1=O. The molecule has 36 heavy (non-hydrogen) atoms. The van der Waals surface area contributed by atoms with E-state index in [0.29, 0.717) is 26.1 Å². The standard InChI is InChI=1S/C28H41N3O5/c1-3-4-11-29(13-6-15-32)27(33)19-31-18-23(22-8-9-25-26(17-22)36-20-35-25)16-24(31)10-14-30-12-5-7-21(2)28(30)34/h5,8-9,12,17,21,23-24,32H,3-4,6-7,10-11,13-16,18-20H2,1-2H3/t21?,23-,24+/m1/s1. The molecule has 4 rings (SSSR count). The van der Waals surface area contributed by atoms with Crippen LogP contribution < -0.4 is 9.47 Å². The van der Waals surface area contributed by atoms with Crippen LogP contribution in [0.4, 0.5) is 0 Å². The number of likely N-dealkylation sites (tertiary alicyclic amines) is 1. The molecule has 0 saturated carbocycles. The number of ether oxygens (including phenoxy) is 2. The maximum Gasteiger partial charge on any atom is 0.236 e. The first-order valence-corrected chi connectivity index (χ1v) is 13.5. The predicted octanol–water partition coefficient (Wildman–Crippen LogP) is 3.36. The second-order valence-electron chi connectivity index (χ2n) is 10.3. The third-order valence-corrected chi connectivity index (χ3v) is 7.64. The van der Waals surface area contributed by atoms with Crippen molar-refractivity contribution < 1.29 is 24.2 Å². The van der Waals surface area contributed by atoms with Crippen LogP contribution >= 0.6 is 0 Å². The van der Waals surface area contributed by atoms with E-state index in [4.69, 9.17) is 9.47 Å². The van der Waals surface area contributed by atoms with Gasteiger partial charge in [0.05, 0.1) is 6.54 Å². The molecule has 0 bridgehead atoms. The van der Waals surface area contributed by atoms with Gasteiger partial charge in [0.25, 0.3) is 0 Å². The fraction of sp³-hybridized carbons (Fsp3) is 0.643. The molecule has 0 spiro atoms. The summed E-state index contributed by atoms with van der Waals surface area (Å²) in [6.07, 6.45) is 9.13. The lowest BCUT2D eigenvalue weighted by molar-refractivity contribution is -0.134. The Kier molecular flexibility index (Phi) is 9.26. The molecule has 1 saturated heterocycles. The van der Waals surface area contributed by atoms with Crippen LogP contribution in [0.3, 0.4) is 0 Å². The molecular formula is C28H41N3O5. The van der Waals surface area contributed by atoms with Gasteiger partial charge in [-0.25, -0.2) is 0 Å². The van der Waals surface area contributed by atoms with Crippen molar-refractivity contribution in [3.05, 3.63) is 36.0 Å². The molecule has 0 radical (unpaired) electrons. The zero-order chi connectivity index (χ0) is 25.5. The summed E-state index contributed by atoms with van der Waals surface area (Å²) >= 11 is 0. The van der Waals surface area contributed by atoms with Crippen molar-refractivity contribution in [3.63, 3.8) is 0 Å². The molecule has 1 N–H and O–H groups in total. The Morgan fingerprint density at radius 1 is 1.19 bits per heavy atom. The van der Waals surface area contributed by atoms with Gasteiger partial charge < -0.3 is 24.4 Å². The average Bonchev–Trinajstić information content (AvgIpc) is 3.51. The van der Waals surface area contributed by atoms with Gasteiger partial charge in [-0.1, -0.05) is 32.4 Å². The lowest BCUT2D eigenvalue weighted by atomic mass is 9.95. The summed E-state index contributed by atoms with van der Waals surface area (Å²) in [6, 6.07) is 6.35. The molecule has 3 aliphatic rings. The number of amides is 2. The minimum absolute atomic E-state index is 0.0243. The highest BCUT2D eigenvalue weighted by molar-refractivity contribution is 5.80. The molecule has 198 valence electrons. The average molecular weight is 500 g/mol. The maximum absolute atomic E-state index is 13.3. The number of rotatable bonds is 12. The van der Waals surface area contributed by atoms with Crippen LogP contribution in [0.15, 0.2) is 30.5 Å². The monoisotopic (exact) mass is 499 g/mol. The summed E-state index contributed by atoms with van der Waals surface area (Å²) in [5, 5.41) is 9.30. The molecule has 1 aromatic carbocycles. The Morgan fingerprint density at radius 2 is 2.00 bits per heavy atom. The van der Waals surface area contributed by atoms with Crippen molar-refractivity contribution in [1.82, 2.24) is 14.7 Å². The fourth-order valence-electron chi connectivity index (χ4n) is 5.45. The van der Waals surface area contributed by atoms with Gasteiger partial charge in [-0.05, 0) is 55.7 Å². The summed E-state index contributed by atoms with van der Waals surface area (Å²) in [4.78, 5) is 32.0. The van der Waals surface area contributed by atoms with Crippen LogP contribution in [0.1, 0.15) is 63.9 Å². The molecule has 1 fully saturated rings. The maximum atomic E-state index is 13.3. The molecular weight excluding hydrogens is 458 g/mol. The number of unbranched alkanes of at least 4 members (excludes halogenated alkanes) is 1. The first-order chi connectivity index (χ1) is 17.5. The van der Waals surface area contributed by atoms with E-state index in [9.17, 15) is 14.7 Å². The number of hydrogen-bond acceptors (Lipinski definition) is 6. The van der Waals surface area contributed by atoms with E-state index in [2.05, 4.69) is 30.0 Å². The summed E-state index contributed by atoms with van der Waals surface area (Å²) < 4.78 is 11.1. The fourth-order valence-corrected chi connectivity index (χ4v) is 5.45. The van der Waals surface area contributed by atoms with E-state index in [1.807, 2.05) is 29.0 Å². The number of aliphatic hydroxyl groups is 1. The largest absolute Gasteiger partial charge is 0.454 e. The quantitative estimate of drug-likeness (QED) is 0.475. The minimum atomic E-state index is 0.0243. The number of hydrogen-bond donors (Lipinski definition) is 1. The Bertz CT molecular complexity index is 928. The van der Waals surface area contributed by atoms with Crippen molar-refractivity contribution in [3.8, 4) is 11.5 Å². The van der Waals surface area contributed by atoms with E-state index in [1.165, 1.54) is 5.56 Å². The van der Waals surface area contributed by atoms with Crippen LogP contribution in [0.25, 0.3) is 0 Å². The first-order valence-electron chi connectivity index (χ1n) is 13.5. The molecule has 3 aliphatic heterocycles. The van der Waals surface area contributed by atoms with Gasteiger partial charge in [0.15, 0.2) is 11.5 Å². The molecule has 8 heteroatoms. The molecule has 0 aliphatic carbocycles. The lowest BCUT2D eigenvalue weighted by Crippen LogP contribution is -2.44. The second-order valence-corrected chi connectivity index (χ2v) is 10.3. The summed E-state index contributed by atoms with van der Waals surface area (Å²) in [7, 11) is 0. The van der Waals surface area contributed by atoms with E-state index < -0.39 is 0 Å². The Labute approximate surface area is 214 Å². The van der Waals surface area contributed by atoms with Gasteiger partial charge in [-0.3, -0.25) is 14.5 Å². The summed E-state index contributed by atoms with van der Waals surface area (Å²) in [5.74, 6) is 2.17. The van der Waals surface area contributed by atoms with Crippen molar-refractivity contribution in [1.29, 1.82) is 0 Å². The van der Waals surface area contributed by atoms with E-state index in [-0.39, 0.29) is 43.1 Å². The van der Waals surface area contributed by atoms with Crippen LogP contribution in [0.5, 0.6) is 11.5 Å².